The zero-order valence-electron chi connectivity index (χ0n) is 8.69. The minimum absolute atomic E-state index is 0.261. The summed E-state index contributed by atoms with van der Waals surface area (Å²) in [6.07, 6.45) is -9.90. The summed E-state index contributed by atoms with van der Waals surface area (Å²) in [7, 11) is 0.915. The molecule has 0 amide bonds. The molecule has 0 fully saturated rings. The van der Waals surface area contributed by atoms with Gasteiger partial charge < -0.3 is 15.2 Å². The van der Waals surface area contributed by atoms with Crippen LogP contribution in [0.3, 0.4) is 0 Å². The molecule has 0 atom stereocenters. The predicted molar refractivity (Wildman–Crippen MR) is 46.9 cm³/mol. The second-order valence-corrected chi connectivity index (χ2v) is 2.97. The van der Waals surface area contributed by atoms with E-state index in [0.717, 1.165) is 7.11 Å². The number of pyridine rings is 1. The van der Waals surface area contributed by atoms with Crippen molar-refractivity contribution < 1.29 is 35.8 Å². The Morgan fingerprint density at radius 3 is 2.11 bits per heavy atom. The molecule has 1 aromatic rings. The van der Waals surface area contributed by atoms with Gasteiger partial charge in [-0.1, -0.05) is 0 Å². The van der Waals surface area contributed by atoms with Crippen LogP contribution >= 0.6 is 0 Å². The van der Waals surface area contributed by atoms with Crippen LogP contribution in [-0.4, -0.2) is 18.5 Å². The SMILES string of the molecule is COc1ncc(C(F)(F)F)c(N)c1OC(F)(F)F. The summed E-state index contributed by atoms with van der Waals surface area (Å²) in [6.45, 7) is 0. The minimum Gasteiger partial charge on any atom is -0.478 e. The molecule has 0 saturated heterocycles. The maximum absolute atomic E-state index is 12.4. The van der Waals surface area contributed by atoms with Gasteiger partial charge in [-0.15, -0.1) is 13.2 Å². The van der Waals surface area contributed by atoms with Crippen LogP contribution in [0.1, 0.15) is 5.56 Å². The van der Waals surface area contributed by atoms with Crippen molar-refractivity contribution in [3.8, 4) is 11.6 Å². The third kappa shape index (κ3) is 3.08. The first kappa shape index (κ1) is 14.2. The van der Waals surface area contributed by atoms with Crippen LogP contribution in [0, 0.1) is 0 Å². The summed E-state index contributed by atoms with van der Waals surface area (Å²) < 4.78 is 81.0. The average molecular weight is 276 g/mol. The Kier molecular flexibility index (Phi) is 3.49. The molecule has 1 rings (SSSR count). The lowest BCUT2D eigenvalue weighted by molar-refractivity contribution is -0.275. The Labute approximate surface area is 96.3 Å². The highest BCUT2D eigenvalue weighted by Crippen LogP contribution is 2.43. The van der Waals surface area contributed by atoms with E-state index in [-0.39, 0.29) is 6.20 Å². The molecule has 1 heterocycles. The van der Waals surface area contributed by atoms with Crippen molar-refractivity contribution in [2.75, 3.05) is 12.8 Å². The fourth-order valence-corrected chi connectivity index (χ4v) is 1.07. The molecule has 0 radical (unpaired) electrons. The number of nitrogens with two attached hydrogens (primary N) is 1. The predicted octanol–water partition coefficient (Wildman–Crippen LogP) is 2.59. The summed E-state index contributed by atoms with van der Waals surface area (Å²) in [5.74, 6) is -2.11. The van der Waals surface area contributed by atoms with Gasteiger partial charge in [0.25, 0.3) is 5.88 Å². The highest BCUT2D eigenvalue weighted by Gasteiger charge is 2.39. The van der Waals surface area contributed by atoms with Gasteiger partial charge in [0.05, 0.1) is 12.8 Å². The lowest BCUT2D eigenvalue weighted by atomic mass is 10.2. The highest BCUT2D eigenvalue weighted by molar-refractivity contribution is 5.63. The lowest BCUT2D eigenvalue weighted by Gasteiger charge is -2.17. The summed E-state index contributed by atoms with van der Waals surface area (Å²) in [5.41, 5.74) is 2.20. The van der Waals surface area contributed by atoms with Gasteiger partial charge in [-0.05, 0) is 0 Å². The highest BCUT2D eigenvalue weighted by atomic mass is 19.4. The normalized spacial score (nSPS) is 12.4. The molecule has 18 heavy (non-hydrogen) atoms. The summed E-state index contributed by atoms with van der Waals surface area (Å²) in [5, 5.41) is 0. The smallest absolute Gasteiger partial charge is 0.478 e. The van der Waals surface area contributed by atoms with Crippen molar-refractivity contribution >= 4 is 5.69 Å². The molecule has 0 bridgehead atoms. The number of alkyl halides is 6. The molecule has 0 unspecified atom stereocenters. The van der Waals surface area contributed by atoms with Gasteiger partial charge in [0.15, 0.2) is 0 Å². The molecule has 10 heteroatoms. The number of aromatic nitrogens is 1. The molecule has 0 aliphatic carbocycles. The standard InChI is InChI=1S/C8H6F6N2O2/c1-17-6-5(18-8(12,13)14)4(15)3(2-16-6)7(9,10)11/h2H,1H3,(H2,15,16). The summed E-state index contributed by atoms with van der Waals surface area (Å²) in [6, 6.07) is 0. The first-order valence-corrected chi connectivity index (χ1v) is 4.21. The second kappa shape index (κ2) is 4.42. The topological polar surface area (TPSA) is 57.4 Å². The van der Waals surface area contributed by atoms with Gasteiger partial charge in [0.1, 0.15) is 5.56 Å². The number of methoxy groups -OCH3 is 1. The van der Waals surface area contributed by atoms with E-state index >= 15 is 0 Å². The molecule has 0 saturated carbocycles. The van der Waals surface area contributed by atoms with E-state index in [9.17, 15) is 26.3 Å². The van der Waals surface area contributed by atoms with E-state index in [1.165, 1.54) is 0 Å². The van der Waals surface area contributed by atoms with Crippen LogP contribution in [0.2, 0.25) is 0 Å². The monoisotopic (exact) mass is 276 g/mol. The van der Waals surface area contributed by atoms with E-state index in [1.54, 1.807) is 0 Å². The number of hydrogen-bond donors (Lipinski definition) is 1. The fraction of sp³-hybridized carbons (Fsp3) is 0.375. The van der Waals surface area contributed by atoms with Crippen molar-refractivity contribution in [2.24, 2.45) is 0 Å². The third-order valence-electron chi connectivity index (χ3n) is 1.76. The zero-order valence-corrected chi connectivity index (χ0v) is 8.69. The van der Waals surface area contributed by atoms with E-state index in [2.05, 4.69) is 14.5 Å². The first-order valence-electron chi connectivity index (χ1n) is 4.21. The van der Waals surface area contributed by atoms with Gasteiger partial charge in [0, 0.05) is 6.20 Å². The van der Waals surface area contributed by atoms with Gasteiger partial charge >= 0.3 is 12.5 Å². The molecule has 4 nitrogen and oxygen atoms in total. The van der Waals surface area contributed by atoms with Crippen molar-refractivity contribution in [1.29, 1.82) is 0 Å². The van der Waals surface area contributed by atoms with Crippen LogP contribution in [0.15, 0.2) is 6.20 Å². The molecule has 0 aliphatic heterocycles. The van der Waals surface area contributed by atoms with Gasteiger partial charge in [0.2, 0.25) is 5.75 Å². The quantitative estimate of drug-likeness (QED) is 0.843. The number of halogens is 6. The fourth-order valence-electron chi connectivity index (χ4n) is 1.07. The second-order valence-electron chi connectivity index (χ2n) is 2.97. The molecule has 0 aliphatic rings. The number of rotatable bonds is 2. The van der Waals surface area contributed by atoms with Crippen molar-refractivity contribution in [2.45, 2.75) is 12.5 Å². The Morgan fingerprint density at radius 2 is 1.72 bits per heavy atom. The van der Waals surface area contributed by atoms with Crippen LogP contribution in [-0.2, 0) is 6.18 Å². The van der Waals surface area contributed by atoms with E-state index in [4.69, 9.17) is 5.73 Å². The molecule has 1 aromatic heterocycles. The van der Waals surface area contributed by atoms with E-state index < -0.39 is 35.4 Å². The van der Waals surface area contributed by atoms with Gasteiger partial charge in [-0.25, -0.2) is 4.98 Å². The van der Waals surface area contributed by atoms with Crippen LogP contribution in [0.25, 0.3) is 0 Å². The Morgan fingerprint density at radius 1 is 1.17 bits per heavy atom. The zero-order chi connectivity index (χ0) is 14.1. The van der Waals surface area contributed by atoms with Crippen LogP contribution < -0.4 is 15.2 Å². The third-order valence-corrected chi connectivity index (χ3v) is 1.76. The molecular formula is C8H6F6N2O2. The van der Waals surface area contributed by atoms with Crippen LogP contribution in [0.5, 0.6) is 11.6 Å². The number of anilines is 1. The number of nitrogen functional groups attached to an aromatic ring is 1. The van der Waals surface area contributed by atoms with Gasteiger partial charge in [-0.2, -0.15) is 13.2 Å². The number of ether oxygens (including phenoxy) is 2. The minimum atomic E-state index is -5.21. The molecule has 102 valence electrons. The van der Waals surface area contributed by atoms with Crippen molar-refractivity contribution in [3.05, 3.63) is 11.8 Å². The Hall–Kier alpha value is -1.87. The Bertz CT molecular complexity index is 442. The summed E-state index contributed by atoms with van der Waals surface area (Å²) in [4.78, 5) is 3.06. The van der Waals surface area contributed by atoms with Crippen molar-refractivity contribution in [1.82, 2.24) is 4.98 Å². The summed E-state index contributed by atoms with van der Waals surface area (Å²) >= 11 is 0. The molecular weight excluding hydrogens is 270 g/mol. The van der Waals surface area contributed by atoms with Crippen molar-refractivity contribution in [3.63, 3.8) is 0 Å². The maximum Gasteiger partial charge on any atom is 0.573 e. The molecule has 0 aromatic carbocycles. The number of hydrogen-bond acceptors (Lipinski definition) is 4. The van der Waals surface area contributed by atoms with E-state index in [1.807, 2.05) is 0 Å². The largest absolute Gasteiger partial charge is 0.573 e. The van der Waals surface area contributed by atoms with Gasteiger partial charge in [-0.3, -0.25) is 0 Å². The van der Waals surface area contributed by atoms with Crippen LogP contribution in [0.4, 0.5) is 32.0 Å². The molecule has 0 spiro atoms. The average Bonchev–Trinajstić information content (AvgIpc) is 2.17. The maximum atomic E-state index is 12.4. The Balaban J connectivity index is 3.37. The lowest BCUT2D eigenvalue weighted by Crippen LogP contribution is -2.20. The van der Waals surface area contributed by atoms with E-state index in [0.29, 0.717) is 0 Å². The number of nitrogens with zero attached hydrogens (tertiary/aromatic N) is 1. The first-order chi connectivity index (χ1) is 8.06. The molecule has 2 N–H and O–H groups in total.